The van der Waals surface area contributed by atoms with Crippen LogP contribution in [0.15, 0.2) is 40.8 Å². The van der Waals surface area contributed by atoms with Crippen molar-refractivity contribution in [1.29, 1.82) is 0 Å². The average molecular weight is 257 g/mol. The van der Waals surface area contributed by atoms with E-state index in [4.69, 9.17) is 10.2 Å². The molecule has 0 spiro atoms. The highest BCUT2D eigenvalue weighted by Gasteiger charge is 2.11. The van der Waals surface area contributed by atoms with Crippen LogP contribution in [-0.2, 0) is 0 Å². The van der Waals surface area contributed by atoms with Crippen LogP contribution >= 0.6 is 0 Å². The van der Waals surface area contributed by atoms with E-state index in [1.165, 1.54) is 0 Å². The number of furan rings is 1. The Balaban J connectivity index is 2.23. The molecule has 2 N–H and O–H groups in total. The molecule has 1 amide bonds. The Hall–Kier alpha value is -2.36. The van der Waals surface area contributed by atoms with Crippen molar-refractivity contribution in [2.24, 2.45) is 5.73 Å². The number of carbonyl (C=O) groups is 2. The lowest BCUT2D eigenvalue weighted by atomic mass is 10.1. The zero-order valence-electron chi connectivity index (χ0n) is 10.7. The van der Waals surface area contributed by atoms with Crippen LogP contribution in [0.3, 0.4) is 0 Å². The SMILES string of the molecule is CCCC(=O)c1ccc(-c2ccc(C(N)=O)cc2)o1. The maximum atomic E-state index is 11.7. The highest BCUT2D eigenvalue weighted by molar-refractivity contribution is 5.94. The second-order valence-corrected chi connectivity index (χ2v) is 4.28. The predicted molar refractivity (Wildman–Crippen MR) is 71.9 cm³/mol. The van der Waals surface area contributed by atoms with E-state index in [-0.39, 0.29) is 5.78 Å². The molecule has 0 saturated carbocycles. The van der Waals surface area contributed by atoms with E-state index in [1.807, 2.05) is 6.92 Å². The first-order valence-corrected chi connectivity index (χ1v) is 6.15. The molecule has 2 rings (SSSR count). The second-order valence-electron chi connectivity index (χ2n) is 4.28. The fourth-order valence-corrected chi connectivity index (χ4v) is 1.79. The quantitative estimate of drug-likeness (QED) is 0.837. The van der Waals surface area contributed by atoms with Crippen LogP contribution in [0.2, 0.25) is 0 Å². The summed E-state index contributed by atoms with van der Waals surface area (Å²) in [6.45, 7) is 1.95. The monoisotopic (exact) mass is 257 g/mol. The molecule has 98 valence electrons. The number of Topliss-reactive ketones (excluding diaryl/α,β-unsaturated/α-hetero) is 1. The van der Waals surface area contributed by atoms with Gasteiger partial charge in [0.15, 0.2) is 11.5 Å². The average Bonchev–Trinajstić information content (AvgIpc) is 2.89. The van der Waals surface area contributed by atoms with Crippen molar-refractivity contribution in [1.82, 2.24) is 0 Å². The smallest absolute Gasteiger partial charge is 0.248 e. The van der Waals surface area contributed by atoms with Crippen molar-refractivity contribution < 1.29 is 14.0 Å². The Morgan fingerprint density at radius 2 is 1.79 bits per heavy atom. The fourth-order valence-electron chi connectivity index (χ4n) is 1.79. The summed E-state index contributed by atoms with van der Waals surface area (Å²) in [5, 5.41) is 0. The van der Waals surface area contributed by atoms with Gasteiger partial charge in [0.25, 0.3) is 0 Å². The van der Waals surface area contributed by atoms with E-state index in [9.17, 15) is 9.59 Å². The number of primary amides is 1. The highest BCUT2D eigenvalue weighted by atomic mass is 16.3. The Labute approximate surface area is 111 Å². The number of benzene rings is 1. The van der Waals surface area contributed by atoms with Crippen molar-refractivity contribution in [3.05, 3.63) is 47.7 Å². The molecule has 0 radical (unpaired) electrons. The maximum Gasteiger partial charge on any atom is 0.248 e. The van der Waals surface area contributed by atoms with Crippen LogP contribution in [0, 0.1) is 0 Å². The third-order valence-corrected chi connectivity index (χ3v) is 2.81. The summed E-state index contributed by atoms with van der Waals surface area (Å²) in [7, 11) is 0. The molecule has 0 fully saturated rings. The van der Waals surface area contributed by atoms with Gasteiger partial charge in [0.1, 0.15) is 5.76 Å². The molecular formula is C15H15NO3. The Morgan fingerprint density at radius 1 is 1.11 bits per heavy atom. The summed E-state index contributed by atoms with van der Waals surface area (Å²) >= 11 is 0. The van der Waals surface area contributed by atoms with Crippen LogP contribution in [-0.4, -0.2) is 11.7 Å². The lowest BCUT2D eigenvalue weighted by Gasteiger charge is -1.99. The lowest BCUT2D eigenvalue weighted by Crippen LogP contribution is -2.10. The molecule has 0 aliphatic rings. The largest absolute Gasteiger partial charge is 0.453 e. The third-order valence-electron chi connectivity index (χ3n) is 2.81. The minimum absolute atomic E-state index is 0.00232. The van der Waals surface area contributed by atoms with Crippen molar-refractivity contribution >= 4 is 11.7 Å². The minimum atomic E-state index is -0.468. The van der Waals surface area contributed by atoms with Gasteiger partial charge < -0.3 is 10.2 Å². The number of hydrogen-bond donors (Lipinski definition) is 1. The van der Waals surface area contributed by atoms with Gasteiger partial charge in [-0.1, -0.05) is 19.1 Å². The zero-order chi connectivity index (χ0) is 13.8. The number of carbonyl (C=O) groups excluding carboxylic acids is 2. The van der Waals surface area contributed by atoms with Gasteiger partial charge in [0.05, 0.1) is 0 Å². The van der Waals surface area contributed by atoms with Crippen molar-refractivity contribution in [3.8, 4) is 11.3 Å². The van der Waals surface area contributed by atoms with E-state index in [1.54, 1.807) is 36.4 Å². The van der Waals surface area contributed by atoms with E-state index in [0.29, 0.717) is 23.5 Å². The Kier molecular flexibility index (Phi) is 3.80. The summed E-state index contributed by atoms with van der Waals surface area (Å²) in [5.41, 5.74) is 6.42. The van der Waals surface area contributed by atoms with E-state index in [0.717, 1.165) is 12.0 Å². The van der Waals surface area contributed by atoms with Crippen molar-refractivity contribution in [3.63, 3.8) is 0 Å². The van der Waals surface area contributed by atoms with Crippen LogP contribution in [0.25, 0.3) is 11.3 Å². The molecule has 0 aliphatic carbocycles. The normalized spacial score (nSPS) is 10.4. The standard InChI is InChI=1S/C15H15NO3/c1-2-3-12(17)14-9-8-13(19-14)10-4-6-11(7-5-10)15(16)18/h4-9H,2-3H2,1H3,(H2,16,18). The Bertz CT molecular complexity index is 596. The summed E-state index contributed by atoms with van der Waals surface area (Å²) in [4.78, 5) is 22.6. The number of rotatable bonds is 5. The number of ketones is 1. The molecule has 0 saturated heterocycles. The molecule has 4 heteroatoms. The molecular weight excluding hydrogens is 242 g/mol. The summed E-state index contributed by atoms with van der Waals surface area (Å²) in [6.07, 6.45) is 1.27. The second kappa shape index (κ2) is 5.52. The first-order valence-electron chi connectivity index (χ1n) is 6.15. The van der Waals surface area contributed by atoms with Gasteiger partial charge in [-0.05, 0) is 30.7 Å². The van der Waals surface area contributed by atoms with Gasteiger partial charge in [-0.2, -0.15) is 0 Å². The summed E-state index contributed by atoms with van der Waals surface area (Å²) in [6, 6.07) is 10.2. The highest BCUT2D eigenvalue weighted by Crippen LogP contribution is 2.23. The van der Waals surface area contributed by atoms with Crippen LogP contribution in [0.5, 0.6) is 0 Å². The Morgan fingerprint density at radius 3 is 2.37 bits per heavy atom. The van der Waals surface area contributed by atoms with Gasteiger partial charge in [0, 0.05) is 17.5 Å². The van der Waals surface area contributed by atoms with Gasteiger partial charge >= 0.3 is 0 Å². The maximum absolute atomic E-state index is 11.7. The van der Waals surface area contributed by atoms with Crippen LogP contribution < -0.4 is 5.73 Å². The number of hydrogen-bond acceptors (Lipinski definition) is 3. The fraction of sp³-hybridized carbons (Fsp3) is 0.200. The number of nitrogens with two attached hydrogens (primary N) is 1. The van der Waals surface area contributed by atoms with Gasteiger partial charge in [-0.3, -0.25) is 9.59 Å². The number of amides is 1. The molecule has 2 aromatic rings. The van der Waals surface area contributed by atoms with E-state index in [2.05, 4.69) is 0 Å². The zero-order valence-corrected chi connectivity index (χ0v) is 10.7. The van der Waals surface area contributed by atoms with E-state index >= 15 is 0 Å². The van der Waals surface area contributed by atoms with Gasteiger partial charge in [-0.15, -0.1) is 0 Å². The first-order chi connectivity index (χ1) is 9.11. The molecule has 0 atom stereocenters. The van der Waals surface area contributed by atoms with Crippen LogP contribution in [0.1, 0.15) is 40.7 Å². The summed E-state index contributed by atoms with van der Waals surface area (Å²) in [5.74, 6) is 0.513. The molecule has 0 unspecified atom stereocenters. The summed E-state index contributed by atoms with van der Waals surface area (Å²) < 4.78 is 5.52. The lowest BCUT2D eigenvalue weighted by molar-refractivity contribution is 0.0954. The topological polar surface area (TPSA) is 73.3 Å². The van der Waals surface area contributed by atoms with Gasteiger partial charge in [-0.25, -0.2) is 0 Å². The van der Waals surface area contributed by atoms with E-state index < -0.39 is 5.91 Å². The molecule has 1 aromatic heterocycles. The van der Waals surface area contributed by atoms with Gasteiger partial charge in [0.2, 0.25) is 5.91 Å². The third kappa shape index (κ3) is 2.91. The molecule has 0 bridgehead atoms. The molecule has 1 heterocycles. The minimum Gasteiger partial charge on any atom is -0.453 e. The van der Waals surface area contributed by atoms with Crippen molar-refractivity contribution in [2.45, 2.75) is 19.8 Å². The molecule has 0 aliphatic heterocycles. The van der Waals surface area contributed by atoms with Crippen molar-refractivity contribution in [2.75, 3.05) is 0 Å². The molecule has 4 nitrogen and oxygen atoms in total. The molecule has 19 heavy (non-hydrogen) atoms. The molecule has 1 aromatic carbocycles. The predicted octanol–water partition coefficient (Wildman–Crippen LogP) is 3.03. The van der Waals surface area contributed by atoms with Crippen LogP contribution in [0.4, 0.5) is 0 Å². The first kappa shape index (κ1) is 13.1.